The molecule has 0 saturated carbocycles. The van der Waals surface area contributed by atoms with Gasteiger partial charge in [-0.2, -0.15) is 0 Å². The average Bonchev–Trinajstić information content (AvgIpc) is 3.34. The number of sulfonamides is 1. The van der Waals surface area contributed by atoms with E-state index in [1.54, 1.807) is 18.2 Å². The van der Waals surface area contributed by atoms with Gasteiger partial charge in [-0.1, -0.05) is 0 Å². The molecule has 0 bridgehead atoms. The van der Waals surface area contributed by atoms with Crippen molar-refractivity contribution in [3.8, 4) is 5.75 Å². The van der Waals surface area contributed by atoms with Crippen LogP contribution in [-0.4, -0.2) is 39.3 Å². The second-order valence-corrected chi connectivity index (χ2v) is 8.74. The first-order chi connectivity index (χ1) is 15.8. The molecule has 0 radical (unpaired) electrons. The lowest BCUT2D eigenvalue weighted by molar-refractivity contribution is -0.118. The largest absolute Gasteiger partial charge is 0.482 e. The number of nitrogens with one attached hydrogen (secondary N) is 2. The summed E-state index contributed by atoms with van der Waals surface area (Å²) in [6.45, 7) is -0.644. The van der Waals surface area contributed by atoms with Gasteiger partial charge >= 0.3 is 5.97 Å². The Morgan fingerprint density at radius 2 is 1.82 bits per heavy atom. The molecule has 0 fully saturated rings. The Labute approximate surface area is 188 Å². The van der Waals surface area contributed by atoms with E-state index in [0.717, 1.165) is 0 Å². The lowest BCUT2D eigenvalue weighted by atomic mass is 10.1. The quantitative estimate of drug-likeness (QED) is 0.377. The summed E-state index contributed by atoms with van der Waals surface area (Å²) in [5.74, 6) is -0.702. The zero-order valence-corrected chi connectivity index (χ0v) is 17.9. The Morgan fingerprint density at radius 1 is 1.06 bits per heavy atom. The molecule has 0 unspecified atom stereocenters. The van der Waals surface area contributed by atoms with Crippen molar-refractivity contribution >= 4 is 33.4 Å². The second-order valence-electron chi connectivity index (χ2n) is 6.98. The third-order valence-electron chi connectivity index (χ3n) is 4.69. The fraction of sp³-hybridized carbons (Fsp3) is 0.136. The number of carbonyl (C=O) groups is 3. The molecule has 3 aromatic rings. The van der Waals surface area contributed by atoms with Crippen molar-refractivity contribution < 1.29 is 36.7 Å². The molecule has 0 aliphatic carbocycles. The summed E-state index contributed by atoms with van der Waals surface area (Å²) in [6.07, 6.45) is 1.44. The summed E-state index contributed by atoms with van der Waals surface area (Å²) in [5.41, 5.74) is 0.677. The molecule has 1 aromatic heterocycles. The van der Waals surface area contributed by atoms with E-state index in [0.29, 0.717) is 17.2 Å². The number of benzene rings is 2. The van der Waals surface area contributed by atoms with Crippen LogP contribution in [0.2, 0.25) is 0 Å². The van der Waals surface area contributed by atoms with Crippen molar-refractivity contribution in [2.45, 2.75) is 11.4 Å². The highest BCUT2D eigenvalue weighted by molar-refractivity contribution is 7.89. The van der Waals surface area contributed by atoms with Crippen molar-refractivity contribution in [2.24, 2.45) is 0 Å². The van der Waals surface area contributed by atoms with Gasteiger partial charge < -0.3 is 19.2 Å². The first-order valence-corrected chi connectivity index (χ1v) is 11.2. The van der Waals surface area contributed by atoms with Crippen LogP contribution in [0.3, 0.4) is 0 Å². The van der Waals surface area contributed by atoms with E-state index >= 15 is 0 Å². The third kappa shape index (κ3) is 5.27. The number of carbonyl (C=O) groups excluding carboxylic acids is 3. The van der Waals surface area contributed by atoms with Crippen LogP contribution in [0, 0.1) is 0 Å². The Bertz CT molecular complexity index is 1300. The van der Waals surface area contributed by atoms with Gasteiger partial charge in [0.25, 0.3) is 5.91 Å². The SMILES string of the molecule is O=C1COc2ccc(C(=O)COC(=O)c3ccc(S(=O)(=O)NCc4ccco4)cc3)cc2N1. The zero-order valence-electron chi connectivity index (χ0n) is 17.1. The maximum Gasteiger partial charge on any atom is 0.338 e. The Morgan fingerprint density at radius 3 is 2.55 bits per heavy atom. The highest BCUT2D eigenvalue weighted by atomic mass is 32.2. The minimum absolute atomic E-state index is 0.0141. The number of ketones is 1. The molecule has 170 valence electrons. The van der Waals surface area contributed by atoms with Crippen LogP contribution in [0.25, 0.3) is 0 Å². The van der Waals surface area contributed by atoms with Crippen molar-refractivity contribution in [3.05, 3.63) is 77.7 Å². The van der Waals surface area contributed by atoms with Gasteiger partial charge in [0.2, 0.25) is 10.0 Å². The molecule has 11 heteroatoms. The molecule has 1 aliphatic rings. The third-order valence-corrected chi connectivity index (χ3v) is 6.10. The van der Waals surface area contributed by atoms with Gasteiger partial charge in [-0.05, 0) is 54.6 Å². The first kappa shape index (κ1) is 22.2. The maximum atomic E-state index is 12.4. The van der Waals surface area contributed by atoms with Crippen LogP contribution in [0.1, 0.15) is 26.5 Å². The van der Waals surface area contributed by atoms with E-state index in [2.05, 4.69) is 10.0 Å². The maximum absolute atomic E-state index is 12.4. The summed E-state index contributed by atoms with van der Waals surface area (Å²) in [4.78, 5) is 36.0. The molecule has 2 aromatic carbocycles. The van der Waals surface area contributed by atoms with Gasteiger partial charge in [0.15, 0.2) is 19.0 Å². The van der Waals surface area contributed by atoms with Crippen LogP contribution >= 0.6 is 0 Å². The van der Waals surface area contributed by atoms with E-state index < -0.39 is 28.4 Å². The molecular weight excluding hydrogens is 452 g/mol. The lowest BCUT2D eigenvalue weighted by Gasteiger charge is -2.18. The van der Waals surface area contributed by atoms with E-state index in [-0.39, 0.29) is 35.1 Å². The van der Waals surface area contributed by atoms with Crippen LogP contribution in [0.5, 0.6) is 5.75 Å². The van der Waals surface area contributed by atoms with Crippen molar-refractivity contribution in [3.63, 3.8) is 0 Å². The molecule has 2 heterocycles. The highest BCUT2D eigenvalue weighted by Gasteiger charge is 2.20. The fourth-order valence-electron chi connectivity index (χ4n) is 2.99. The van der Waals surface area contributed by atoms with Gasteiger partial charge in [-0.15, -0.1) is 0 Å². The number of rotatable bonds is 8. The fourth-order valence-corrected chi connectivity index (χ4v) is 3.98. The number of amides is 1. The number of furan rings is 1. The highest BCUT2D eigenvalue weighted by Crippen LogP contribution is 2.28. The van der Waals surface area contributed by atoms with Crippen molar-refractivity contribution in [1.29, 1.82) is 0 Å². The molecule has 0 spiro atoms. The smallest absolute Gasteiger partial charge is 0.338 e. The summed E-state index contributed by atoms with van der Waals surface area (Å²) in [6, 6.07) is 12.9. The van der Waals surface area contributed by atoms with Gasteiger partial charge in [-0.3, -0.25) is 9.59 Å². The van der Waals surface area contributed by atoms with E-state index in [9.17, 15) is 22.8 Å². The average molecular weight is 470 g/mol. The molecule has 2 N–H and O–H groups in total. The summed E-state index contributed by atoms with van der Waals surface area (Å²) in [7, 11) is -3.81. The number of esters is 1. The minimum Gasteiger partial charge on any atom is -0.482 e. The Kier molecular flexibility index (Phi) is 6.24. The number of ether oxygens (including phenoxy) is 2. The Hall–Kier alpha value is -3.96. The van der Waals surface area contributed by atoms with Crippen molar-refractivity contribution in [2.75, 3.05) is 18.5 Å². The first-order valence-electron chi connectivity index (χ1n) is 9.71. The second kappa shape index (κ2) is 9.27. The number of hydrogen-bond acceptors (Lipinski definition) is 8. The van der Waals surface area contributed by atoms with Gasteiger partial charge in [0.05, 0.1) is 29.0 Å². The van der Waals surface area contributed by atoms with Crippen LogP contribution in [-0.2, 0) is 26.1 Å². The number of Topliss-reactive ketones (excluding diaryl/α,β-unsaturated/α-hetero) is 1. The molecular formula is C22H18N2O8S. The Balaban J connectivity index is 1.34. The minimum atomic E-state index is -3.81. The zero-order chi connectivity index (χ0) is 23.4. The summed E-state index contributed by atoms with van der Waals surface area (Å²) < 4.78 is 42.5. The van der Waals surface area contributed by atoms with Crippen LogP contribution in [0.15, 0.2) is 70.2 Å². The molecule has 33 heavy (non-hydrogen) atoms. The topological polar surface area (TPSA) is 141 Å². The molecule has 10 nitrogen and oxygen atoms in total. The van der Waals surface area contributed by atoms with Crippen LogP contribution in [0.4, 0.5) is 5.69 Å². The van der Waals surface area contributed by atoms with Crippen molar-refractivity contribution in [1.82, 2.24) is 4.72 Å². The van der Waals surface area contributed by atoms with E-state index in [4.69, 9.17) is 13.9 Å². The lowest BCUT2D eigenvalue weighted by Crippen LogP contribution is -2.25. The molecule has 0 saturated heterocycles. The number of hydrogen-bond donors (Lipinski definition) is 2. The van der Waals surface area contributed by atoms with E-state index in [1.165, 1.54) is 42.7 Å². The van der Waals surface area contributed by atoms with Gasteiger partial charge in [-0.25, -0.2) is 17.9 Å². The summed E-state index contributed by atoms with van der Waals surface area (Å²) in [5, 5.41) is 2.60. The summed E-state index contributed by atoms with van der Waals surface area (Å²) >= 11 is 0. The standard InChI is InChI=1S/C22H18N2O8S/c25-19(15-5-8-20-18(10-15)24-21(26)13-31-20)12-32-22(27)14-3-6-17(7-4-14)33(28,29)23-11-16-2-1-9-30-16/h1-10,23H,11-13H2,(H,24,26). The predicted octanol–water partition coefficient (Wildman–Crippen LogP) is 2.13. The molecule has 1 aliphatic heterocycles. The molecule has 0 atom stereocenters. The normalized spacial score (nSPS) is 12.9. The van der Waals surface area contributed by atoms with Crippen LogP contribution < -0.4 is 14.8 Å². The molecule has 1 amide bonds. The predicted molar refractivity (Wildman–Crippen MR) is 114 cm³/mol. The molecule has 4 rings (SSSR count). The van der Waals surface area contributed by atoms with Gasteiger partial charge in [0.1, 0.15) is 11.5 Å². The monoisotopic (exact) mass is 470 g/mol. The number of anilines is 1. The van der Waals surface area contributed by atoms with Gasteiger partial charge in [0, 0.05) is 5.56 Å². The van der Waals surface area contributed by atoms with E-state index in [1.807, 2.05) is 0 Å². The number of fused-ring (bicyclic) bond motifs is 1.